The smallest absolute Gasteiger partial charge is 0.323 e. The zero-order chi connectivity index (χ0) is 19.7. The number of hydrogen-bond donors (Lipinski definition) is 2. The Labute approximate surface area is 165 Å². The molecule has 0 unspecified atom stereocenters. The average molecular weight is 398 g/mol. The molecule has 0 radical (unpaired) electrons. The van der Waals surface area contributed by atoms with Crippen molar-refractivity contribution in [3.8, 4) is 10.6 Å². The van der Waals surface area contributed by atoms with Gasteiger partial charge in [0.25, 0.3) is 0 Å². The molecule has 0 spiro atoms. The quantitative estimate of drug-likeness (QED) is 0.703. The van der Waals surface area contributed by atoms with Gasteiger partial charge in [-0.25, -0.2) is 24.1 Å². The number of halogens is 1. The first-order valence-electron chi connectivity index (χ1n) is 8.83. The van der Waals surface area contributed by atoms with Crippen LogP contribution in [0.4, 0.5) is 20.7 Å². The Morgan fingerprint density at radius 2 is 2.04 bits per heavy atom. The Hall–Kier alpha value is -3.07. The number of likely N-dealkylation sites (tertiary alicyclic amines) is 1. The lowest BCUT2D eigenvalue weighted by Gasteiger charge is -2.38. The van der Waals surface area contributed by atoms with Gasteiger partial charge in [0.2, 0.25) is 0 Å². The summed E-state index contributed by atoms with van der Waals surface area (Å²) >= 11 is 1.64. The van der Waals surface area contributed by atoms with Crippen molar-refractivity contribution in [3.05, 3.63) is 53.2 Å². The first-order chi connectivity index (χ1) is 13.5. The van der Waals surface area contributed by atoms with Crippen molar-refractivity contribution in [2.24, 2.45) is 5.92 Å². The number of aryl methyl sites for hydroxylation is 1. The van der Waals surface area contributed by atoms with E-state index >= 15 is 0 Å². The average Bonchev–Trinajstić information content (AvgIpc) is 3.07. The Morgan fingerprint density at radius 3 is 2.71 bits per heavy atom. The molecule has 3 N–H and O–H groups in total. The highest BCUT2D eigenvalue weighted by molar-refractivity contribution is 7.15. The number of nitrogens with two attached hydrogens (primary N) is 1. The van der Waals surface area contributed by atoms with Crippen molar-refractivity contribution in [1.82, 2.24) is 19.9 Å². The number of carbonyl (C=O) groups is 1. The molecular weight excluding hydrogens is 379 g/mol. The minimum Gasteiger partial charge on any atom is -0.396 e. The second-order valence-corrected chi connectivity index (χ2v) is 8.06. The van der Waals surface area contributed by atoms with Crippen LogP contribution in [0.3, 0.4) is 0 Å². The Bertz CT molecular complexity index is 1000. The fourth-order valence-electron chi connectivity index (χ4n) is 3.03. The molecule has 0 bridgehead atoms. The molecule has 1 saturated heterocycles. The zero-order valence-corrected chi connectivity index (χ0v) is 16.0. The molecule has 4 heterocycles. The van der Waals surface area contributed by atoms with Crippen molar-refractivity contribution < 1.29 is 9.18 Å². The molecule has 1 aliphatic heterocycles. The molecule has 0 atom stereocenters. The van der Waals surface area contributed by atoms with E-state index < -0.39 is 5.82 Å². The molecule has 2 amide bonds. The number of nitrogens with one attached hydrogen (secondary N) is 1. The second kappa shape index (κ2) is 7.51. The Morgan fingerprint density at radius 1 is 1.29 bits per heavy atom. The monoisotopic (exact) mass is 398 g/mol. The SMILES string of the molecule is Cc1ccc(-c2ccc(N)c(NC(=O)N3CC(Cc4ncc(F)cn4)C3)n2)s1. The summed E-state index contributed by atoms with van der Waals surface area (Å²) in [5, 5.41) is 2.80. The number of amides is 2. The van der Waals surface area contributed by atoms with Crippen LogP contribution in [0.1, 0.15) is 10.7 Å². The molecule has 0 aromatic carbocycles. The Kier molecular flexibility index (Phi) is 4.91. The van der Waals surface area contributed by atoms with Crippen molar-refractivity contribution in [3.63, 3.8) is 0 Å². The number of anilines is 2. The third-order valence-electron chi connectivity index (χ3n) is 4.53. The van der Waals surface area contributed by atoms with Gasteiger partial charge in [-0.05, 0) is 31.2 Å². The molecule has 3 aromatic heterocycles. The highest BCUT2D eigenvalue weighted by Crippen LogP contribution is 2.29. The number of nitrogen functional groups attached to an aromatic ring is 1. The van der Waals surface area contributed by atoms with Gasteiger partial charge in [-0.1, -0.05) is 0 Å². The molecule has 3 aromatic rings. The van der Waals surface area contributed by atoms with Crippen LogP contribution in [-0.2, 0) is 6.42 Å². The lowest BCUT2D eigenvalue weighted by atomic mass is 9.96. The number of carbonyl (C=O) groups excluding carboxylic acids is 1. The van der Waals surface area contributed by atoms with Gasteiger partial charge in [-0.2, -0.15) is 0 Å². The van der Waals surface area contributed by atoms with Crippen LogP contribution in [0.25, 0.3) is 10.6 Å². The number of hydrogen-bond acceptors (Lipinski definition) is 6. The molecule has 7 nitrogen and oxygen atoms in total. The van der Waals surface area contributed by atoms with Gasteiger partial charge in [-0.3, -0.25) is 5.32 Å². The highest BCUT2D eigenvalue weighted by atomic mass is 32.1. The molecular formula is C19H19FN6OS. The normalized spacial score (nSPS) is 14.0. The summed E-state index contributed by atoms with van der Waals surface area (Å²) in [6, 6.07) is 7.38. The van der Waals surface area contributed by atoms with Gasteiger partial charge in [0.05, 0.1) is 28.7 Å². The van der Waals surface area contributed by atoms with Crippen LogP contribution in [-0.4, -0.2) is 39.0 Å². The second-order valence-electron chi connectivity index (χ2n) is 6.77. The molecule has 9 heteroatoms. The minimum atomic E-state index is -0.455. The van der Waals surface area contributed by atoms with E-state index in [1.165, 1.54) is 4.88 Å². The van der Waals surface area contributed by atoms with E-state index in [1.54, 1.807) is 22.3 Å². The molecule has 0 saturated carbocycles. The molecule has 144 valence electrons. The molecule has 4 rings (SSSR count). The third kappa shape index (κ3) is 3.94. The van der Waals surface area contributed by atoms with E-state index in [4.69, 9.17) is 5.73 Å². The maximum Gasteiger partial charge on any atom is 0.323 e. The van der Waals surface area contributed by atoms with E-state index in [-0.39, 0.29) is 11.9 Å². The van der Waals surface area contributed by atoms with Crippen LogP contribution in [0, 0.1) is 18.7 Å². The number of urea groups is 1. The standard InChI is InChI=1S/C19H19FN6OS/c1-11-2-5-16(28-11)15-4-3-14(21)18(24-15)25-19(27)26-9-12(10-26)6-17-22-7-13(20)8-23-17/h2-5,7-8,12H,6,9-10,21H2,1H3,(H,24,25,27). The summed E-state index contributed by atoms with van der Waals surface area (Å²) in [7, 11) is 0. The lowest BCUT2D eigenvalue weighted by Crippen LogP contribution is -2.52. The largest absolute Gasteiger partial charge is 0.396 e. The highest BCUT2D eigenvalue weighted by Gasteiger charge is 2.31. The predicted octanol–water partition coefficient (Wildman–Crippen LogP) is 3.34. The van der Waals surface area contributed by atoms with Crippen LogP contribution in [0.5, 0.6) is 0 Å². The van der Waals surface area contributed by atoms with Gasteiger partial charge in [-0.15, -0.1) is 11.3 Å². The zero-order valence-electron chi connectivity index (χ0n) is 15.2. The summed E-state index contributed by atoms with van der Waals surface area (Å²) in [4.78, 5) is 28.8. The summed E-state index contributed by atoms with van der Waals surface area (Å²) in [5.74, 6) is 0.737. The first-order valence-corrected chi connectivity index (χ1v) is 9.65. The fraction of sp³-hybridized carbons (Fsp3) is 0.263. The number of pyridine rings is 1. The van der Waals surface area contributed by atoms with Crippen LogP contribution in [0.2, 0.25) is 0 Å². The summed E-state index contributed by atoms with van der Waals surface area (Å²) in [6.07, 6.45) is 2.92. The van der Waals surface area contributed by atoms with Gasteiger partial charge in [0, 0.05) is 30.3 Å². The van der Waals surface area contributed by atoms with E-state index in [0.717, 1.165) is 23.0 Å². The van der Waals surface area contributed by atoms with E-state index in [9.17, 15) is 9.18 Å². The van der Waals surface area contributed by atoms with E-state index in [0.29, 0.717) is 36.8 Å². The minimum absolute atomic E-state index is 0.241. The maximum atomic E-state index is 12.9. The lowest BCUT2D eigenvalue weighted by molar-refractivity contribution is 0.129. The van der Waals surface area contributed by atoms with Gasteiger partial charge in [0.15, 0.2) is 11.6 Å². The molecule has 1 fully saturated rings. The van der Waals surface area contributed by atoms with Crippen molar-refractivity contribution in [2.75, 3.05) is 24.1 Å². The number of thiophene rings is 1. The topological polar surface area (TPSA) is 97.0 Å². The number of rotatable bonds is 4. The van der Waals surface area contributed by atoms with E-state index in [2.05, 4.69) is 20.3 Å². The van der Waals surface area contributed by atoms with Gasteiger partial charge < -0.3 is 10.6 Å². The maximum absolute atomic E-state index is 12.9. The molecule has 0 aliphatic carbocycles. The number of nitrogens with zero attached hydrogens (tertiary/aromatic N) is 4. The van der Waals surface area contributed by atoms with Gasteiger partial charge in [0.1, 0.15) is 5.82 Å². The van der Waals surface area contributed by atoms with Crippen molar-refractivity contribution in [2.45, 2.75) is 13.3 Å². The van der Waals surface area contributed by atoms with Crippen LogP contribution in [0.15, 0.2) is 36.7 Å². The predicted molar refractivity (Wildman–Crippen MR) is 106 cm³/mol. The van der Waals surface area contributed by atoms with Crippen LogP contribution >= 0.6 is 11.3 Å². The summed E-state index contributed by atoms with van der Waals surface area (Å²) in [6.45, 7) is 3.19. The van der Waals surface area contributed by atoms with Crippen molar-refractivity contribution in [1.29, 1.82) is 0 Å². The van der Waals surface area contributed by atoms with Gasteiger partial charge >= 0.3 is 6.03 Å². The number of aromatic nitrogens is 3. The van der Waals surface area contributed by atoms with E-state index in [1.807, 2.05) is 25.1 Å². The molecule has 28 heavy (non-hydrogen) atoms. The Balaban J connectivity index is 1.36. The van der Waals surface area contributed by atoms with Crippen LogP contribution < -0.4 is 11.1 Å². The summed E-state index contributed by atoms with van der Waals surface area (Å²) in [5.41, 5.74) is 7.18. The molecule has 1 aliphatic rings. The third-order valence-corrected chi connectivity index (χ3v) is 5.56. The first kappa shape index (κ1) is 18.3. The van der Waals surface area contributed by atoms with Crippen molar-refractivity contribution >= 4 is 28.9 Å². The summed E-state index contributed by atoms with van der Waals surface area (Å²) < 4.78 is 12.9. The fourth-order valence-corrected chi connectivity index (χ4v) is 3.86.